The molecule has 0 saturated carbocycles. The first-order valence-electron chi connectivity index (χ1n) is 7.06. The molecule has 4 nitrogen and oxygen atoms in total. The molecule has 20 heavy (non-hydrogen) atoms. The Morgan fingerprint density at radius 2 is 1.85 bits per heavy atom. The molecule has 0 spiro atoms. The number of rotatable bonds is 6. The summed E-state index contributed by atoms with van der Waals surface area (Å²) in [4.78, 5) is 8.60. The van der Waals surface area contributed by atoms with Gasteiger partial charge in [-0.3, -0.25) is 0 Å². The molecule has 0 radical (unpaired) electrons. The number of hydrogen-bond donors (Lipinski definition) is 2. The minimum absolute atomic E-state index is 0.873. The second-order valence-electron chi connectivity index (χ2n) is 4.76. The molecule has 0 atom stereocenters. The molecule has 1 aromatic heterocycles. The average Bonchev–Trinajstić information content (AvgIpc) is 2.48. The summed E-state index contributed by atoms with van der Waals surface area (Å²) in [5.74, 6) is 1.83. The van der Waals surface area contributed by atoms with Gasteiger partial charge in [0.05, 0.1) is 0 Å². The van der Waals surface area contributed by atoms with Crippen molar-refractivity contribution in [3.63, 3.8) is 0 Å². The fraction of sp³-hybridized carbons (Fsp3) is 0.375. The molecule has 106 valence electrons. The molecular weight excluding hydrogens is 248 g/mol. The van der Waals surface area contributed by atoms with Crippen LogP contribution in [0.2, 0.25) is 0 Å². The molecule has 0 unspecified atom stereocenters. The predicted molar refractivity (Wildman–Crippen MR) is 84.3 cm³/mol. The number of benzene rings is 1. The predicted octanol–water partition coefficient (Wildman–Crippen LogP) is 3.04. The van der Waals surface area contributed by atoms with Gasteiger partial charge in [0.25, 0.3) is 0 Å². The summed E-state index contributed by atoms with van der Waals surface area (Å²) in [5, 5.41) is 6.54. The molecule has 2 rings (SSSR count). The van der Waals surface area contributed by atoms with Crippen molar-refractivity contribution in [2.24, 2.45) is 0 Å². The van der Waals surface area contributed by atoms with Crippen molar-refractivity contribution in [1.29, 1.82) is 0 Å². The van der Waals surface area contributed by atoms with Gasteiger partial charge in [0, 0.05) is 19.2 Å². The Balaban J connectivity index is 2.03. The molecule has 0 aliphatic carbocycles. The second kappa shape index (κ2) is 6.89. The number of nitrogens with one attached hydrogen (secondary N) is 2. The fourth-order valence-electron chi connectivity index (χ4n) is 2.32. The normalized spacial score (nSPS) is 10.3. The first kappa shape index (κ1) is 14.3. The van der Waals surface area contributed by atoms with Crippen molar-refractivity contribution in [3.8, 4) is 0 Å². The lowest BCUT2D eigenvalue weighted by Crippen LogP contribution is -2.11. The molecule has 4 heteroatoms. The smallest absolute Gasteiger partial charge is 0.134 e. The van der Waals surface area contributed by atoms with E-state index in [1.807, 2.05) is 7.05 Å². The molecule has 1 aromatic carbocycles. The van der Waals surface area contributed by atoms with E-state index >= 15 is 0 Å². The number of hydrogen-bond acceptors (Lipinski definition) is 4. The average molecular weight is 270 g/mol. The quantitative estimate of drug-likeness (QED) is 0.847. The zero-order chi connectivity index (χ0) is 14.4. The van der Waals surface area contributed by atoms with Crippen LogP contribution in [0.3, 0.4) is 0 Å². The Morgan fingerprint density at radius 3 is 2.55 bits per heavy atom. The summed E-state index contributed by atoms with van der Waals surface area (Å²) in [6.07, 6.45) is 3.50. The minimum atomic E-state index is 0.873. The van der Waals surface area contributed by atoms with Crippen LogP contribution < -0.4 is 10.6 Å². The van der Waals surface area contributed by atoms with Crippen LogP contribution in [0, 0.1) is 6.92 Å². The summed E-state index contributed by atoms with van der Waals surface area (Å²) in [6, 6.07) is 8.49. The van der Waals surface area contributed by atoms with Gasteiger partial charge in [0.2, 0.25) is 0 Å². The molecule has 0 amide bonds. The van der Waals surface area contributed by atoms with Gasteiger partial charge in [0.15, 0.2) is 0 Å². The van der Waals surface area contributed by atoms with E-state index in [4.69, 9.17) is 0 Å². The molecule has 2 aromatic rings. The van der Waals surface area contributed by atoms with Crippen LogP contribution >= 0.6 is 0 Å². The lowest BCUT2D eigenvalue weighted by Gasteiger charge is -2.13. The van der Waals surface area contributed by atoms with Crippen LogP contribution in [-0.2, 0) is 12.8 Å². The van der Waals surface area contributed by atoms with E-state index in [1.165, 1.54) is 11.1 Å². The highest BCUT2D eigenvalue weighted by Gasteiger charge is 2.08. The summed E-state index contributed by atoms with van der Waals surface area (Å²) >= 11 is 0. The van der Waals surface area contributed by atoms with Crippen LogP contribution in [0.4, 0.5) is 11.6 Å². The molecule has 2 N–H and O–H groups in total. The van der Waals surface area contributed by atoms with Crippen molar-refractivity contribution in [1.82, 2.24) is 9.97 Å². The standard InChI is InChI=1S/C16H22N4/c1-4-14-15(17-3)19-11-20-16(14)18-10-9-13-8-6-5-7-12(13)2/h5-8,11H,4,9-10H2,1-3H3,(H2,17,18,19,20). The first-order chi connectivity index (χ1) is 9.76. The van der Waals surface area contributed by atoms with Gasteiger partial charge < -0.3 is 10.6 Å². The summed E-state index contributed by atoms with van der Waals surface area (Å²) in [5.41, 5.74) is 3.85. The Labute approximate surface area is 120 Å². The number of nitrogens with zero attached hydrogens (tertiary/aromatic N) is 2. The largest absolute Gasteiger partial charge is 0.373 e. The molecule has 0 aliphatic rings. The zero-order valence-electron chi connectivity index (χ0n) is 12.4. The van der Waals surface area contributed by atoms with Crippen molar-refractivity contribution in [2.45, 2.75) is 26.7 Å². The lowest BCUT2D eigenvalue weighted by molar-refractivity contribution is 0.967. The molecule has 0 fully saturated rings. The molecule has 0 bridgehead atoms. The van der Waals surface area contributed by atoms with Crippen molar-refractivity contribution >= 4 is 11.6 Å². The van der Waals surface area contributed by atoms with E-state index in [9.17, 15) is 0 Å². The van der Waals surface area contributed by atoms with Crippen molar-refractivity contribution < 1.29 is 0 Å². The van der Waals surface area contributed by atoms with E-state index in [2.05, 4.69) is 58.7 Å². The van der Waals surface area contributed by atoms with E-state index in [-0.39, 0.29) is 0 Å². The molecular formula is C16H22N4. The number of aryl methyl sites for hydroxylation is 1. The van der Waals surface area contributed by atoms with Crippen LogP contribution in [0.5, 0.6) is 0 Å². The van der Waals surface area contributed by atoms with Gasteiger partial charge in [-0.1, -0.05) is 31.2 Å². The van der Waals surface area contributed by atoms with Crippen LogP contribution in [-0.4, -0.2) is 23.6 Å². The Kier molecular flexibility index (Phi) is 4.93. The van der Waals surface area contributed by atoms with Crippen LogP contribution in [0.15, 0.2) is 30.6 Å². The first-order valence-corrected chi connectivity index (χ1v) is 7.06. The van der Waals surface area contributed by atoms with Gasteiger partial charge in [-0.25, -0.2) is 9.97 Å². The summed E-state index contributed by atoms with van der Waals surface area (Å²) in [7, 11) is 1.89. The number of aromatic nitrogens is 2. The van der Waals surface area contributed by atoms with Gasteiger partial charge in [-0.05, 0) is 30.9 Å². The Bertz CT molecular complexity index is 566. The van der Waals surface area contributed by atoms with E-state index in [0.717, 1.165) is 36.6 Å². The summed E-state index contributed by atoms with van der Waals surface area (Å²) < 4.78 is 0. The highest BCUT2D eigenvalue weighted by Crippen LogP contribution is 2.19. The lowest BCUT2D eigenvalue weighted by atomic mass is 10.1. The maximum absolute atomic E-state index is 4.35. The van der Waals surface area contributed by atoms with Gasteiger partial charge in [-0.15, -0.1) is 0 Å². The Hall–Kier alpha value is -2.10. The zero-order valence-corrected chi connectivity index (χ0v) is 12.4. The molecule has 0 saturated heterocycles. The van der Waals surface area contributed by atoms with Crippen LogP contribution in [0.25, 0.3) is 0 Å². The molecule has 1 heterocycles. The van der Waals surface area contributed by atoms with E-state index in [0.29, 0.717) is 0 Å². The van der Waals surface area contributed by atoms with Crippen molar-refractivity contribution in [3.05, 3.63) is 47.3 Å². The maximum Gasteiger partial charge on any atom is 0.134 e. The summed E-state index contributed by atoms with van der Waals surface area (Å²) in [6.45, 7) is 5.14. The second-order valence-corrected chi connectivity index (χ2v) is 4.76. The van der Waals surface area contributed by atoms with Gasteiger partial charge in [0.1, 0.15) is 18.0 Å². The topological polar surface area (TPSA) is 49.8 Å². The van der Waals surface area contributed by atoms with Crippen LogP contribution in [0.1, 0.15) is 23.6 Å². The highest BCUT2D eigenvalue weighted by atomic mass is 15.1. The van der Waals surface area contributed by atoms with E-state index in [1.54, 1.807) is 6.33 Å². The Morgan fingerprint density at radius 1 is 1.10 bits per heavy atom. The third-order valence-electron chi connectivity index (χ3n) is 3.48. The molecule has 0 aliphatic heterocycles. The number of anilines is 2. The third kappa shape index (κ3) is 3.26. The maximum atomic E-state index is 4.35. The minimum Gasteiger partial charge on any atom is -0.373 e. The monoisotopic (exact) mass is 270 g/mol. The van der Waals surface area contributed by atoms with E-state index < -0.39 is 0 Å². The van der Waals surface area contributed by atoms with Crippen molar-refractivity contribution in [2.75, 3.05) is 24.2 Å². The fourth-order valence-corrected chi connectivity index (χ4v) is 2.32. The van der Waals surface area contributed by atoms with Gasteiger partial charge in [-0.2, -0.15) is 0 Å². The third-order valence-corrected chi connectivity index (χ3v) is 3.48. The SMILES string of the molecule is CCc1c(NC)ncnc1NCCc1ccccc1C. The van der Waals surface area contributed by atoms with Gasteiger partial charge >= 0.3 is 0 Å². The highest BCUT2D eigenvalue weighted by molar-refractivity contribution is 5.57.